The maximum absolute atomic E-state index is 12.8. The van der Waals surface area contributed by atoms with Crippen molar-refractivity contribution in [1.82, 2.24) is 4.90 Å². The van der Waals surface area contributed by atoms with Gasteiger partial charge in [0.05, 0.1) is 17.0 Å². The third-order valence-corrected chi connectivity index (χ3v) is 3.95. The smallest absolute Gasteiger partial charge is 0.416 e. The van der Waals surface area contributed by atoms with Gasteiger partial charge in [-0.3, -0.25) is 15.0 Å². The van der Waals surface area contributed by atoms with Gasteiger partial charge in [0.25, 0.3) is 0 Å². The number of rotatable bonds is 4. The molecule has 0 unspecified atom stereocenters. The van der Waals surface area contributed by atoms with Gasteiger partial charge in [0.1, 0.15) is 17.7 Å². The van der Waals surface area contributed by atoms with Crippen LogP contribution >= 0.6 is 0 Å². The van der Waals surface area contributed by atoms with Crippen LogP contribution in [0, 0.1) is 10.1 Å². The molecular weight excluding hydrogens is 401 g/mol. The van der Waals surface area contributed by atoms with Gasteiger partial charge < -0.3 is 14.6 Å². The number of nitro groups is 1. The lowest BCUT2D eigenvalue weighted by atomic mass is 10.1. The Hall–Kier alpha value is -3.05. The third kappa shape index (κ3) is 5.48. The summed E-state index contributed by atoms with van der Waals surface area (Å²) in [6, 6.07) is 0.457. The van der Waals surface area contributed by atoms with Gasteiger partial charge in [-0.25, -0.2) is 9.59 Å². The summed E-state index contributed by atoms with van der Waals surface area (Å²) in [6.45, 7) is 4.52. The Labute approximate surface area is 163 Å². The number of nitrogens with zero attached hydrogens (tertiary/aromatic N) is 2. The van der Waals surface area contributed by atoms with Gasteiger partial charge in [-0.15, -0.1) is 0 Å². The number of hydrogen-bond donors (Lipinski definition) is 1. The van der Waals surface area contributed by atoms with Crippen LogP contribution in [0.15, 0.2) is 18.2 Å². The first-order valence-corrected chi connectivity index (χ1v) is 8.44. The highest BCUT2D eigenvalue weighted by Crippen LogP contribution is 2.37. The van der Waals surface area contributed by atoms with Crippen molar-refractivity contribution in [2.24, 2.45) is 0 Å². The van der Waals surface area contributed by atoms with Gasteiger partial charge in [0, 0.05) is 12.5 Å². The molecule has 2 atom stereocenters. The molecule has 0 spiro atoms. The van der Waals surface area contributed by atoms with E-state index in [-0.39, 0.29) is 13.0 Å². The monoisotopic (exact) mass is 420 g/mol. The summed E-state index contributed by atoms with van der Waals surface area (Å²) in [7, 11) is 0. The van der Waals surface area contributed by atoms with E-state index >= 15 is 0 Å². The van der Waals surface area contributed by atoms with Crippen LogP contribution in [0.3, 0.4) is 0 Å². The molecule has 0 aromatic heterocycles. The molecule has 0 aliphatic carbocycles. The Morgan fingerprint density at radius 2 is 1.90 bits per heavy atom. The number of likely N-dealkylation sites (tertiary alicyclic amines) is 1. The standard InChI is InChI=1S/C17H19F3N2O7/c1-16(2,3)29-15(25)21-8-10(7-12(21)14(23)24)28-13-5-4-9(17(18,19)20)6-11(13)22(26)27/h4-6,10,12H,7-8H2,1-3H3,(H,23,24)/t10-,12-/m1/s1. The van der Waals surface area contributed by atoms with Gasteiger partial charge in [-0.05, 0) is 32.9 Å². The minimum Gasteiger partial charge on any atom is -0.482 e. The summed E-state index contributed by atoms with van der Waals surface area (Å²) in [5.74, 6) is -1.79. The number of benzene rings is 1. The maximum Gasteiger partial charge on any atom is 0.416 e. The highest BCUT2D eigenvalue weighted by atomic mass is 19.4. The predicted octanol–water partition coefficient (Wildman–Crippen LogP) is 3.46. The summed E-state index contributed by atoms with van der Waals surface area (Å²) < 4.78 is 48.9. The number of hydrogen-bond acceptors (Lipinski definition) is 6. The number of amides is 1. The lowest BCUT2D eigenvalue weighted by Crippen LogP contribution is -2.43. The van der Waals surface area contributed by atoms with Crippen LogP contribution in [0.25, 0.3) is 0 Å². The molecule has 1 amide bonds. The van der Waals surface area contributed by atoms with E-state index in [9.17, 15) is 38.0 Å². The Bertz CT molecular complexity index is 820. The zero-order valence-corrected chi connectivity index (χ0v) is 15.7. The first-order chi connectivity index (χ1) is 13.2. The summed E-state index contributed by atoms with van der Waals surface area (Å²) in [5.41, 5.74) is -3.02. The molecule has 1 aromatic carbocycles. The van der Waals surface area contributed by atoms with Crippen molar-refractivity contribution in [3.05, 3.63) is 33.9 Å². The van der Waals surface area contributed by atoms with E-state index in [1.165, 1.54) is 0 Å². The number of carboxylic acid groups (broad SMARTS) is 1. The number of nitro benzene ring substituents is 1. The van der Waals surface area contributed by atoms with E-state index in [1.54, 1.807) is 20.8 Å². The van der Waals surface area contributed by atoms with Crippen molar-refractivity contribution in [3.63, 3.8) is 0 Å². The number of alkyl halides is 3. The molecule has 1 saturated heterocycles. The number of carbonyl (C=O) groups is 2. The van der Waals surface area contributed by atoms with Crippen LogP contribution in [0.5, 0.6) is 5.75 Å². The second-order valence-electron chi connectivity index (χ2n) is 7.40. The fourth-order valence-corrected chi connectivity index (χ4v) is 2.75. The third-order valence-electron chi connectivity index (χ3n) is 3.95. The minimum absolute atomic E-state index is 0.216. The lowest BCUT2D eigenvalue weighted by molar-refractivity contribution is -0.386. The Morgan fingerprint density at radius 3 is 2.38 bits per heavy atom. The summed E-state index contributed by atoms with van der Waals surface area (Å²) in [6.07, 6.45) is -6.89. The van der Waals surface area contributed by atoms with E-state index in [1.807, 2.05) is 0 Å². The van der Waals surface area contributed by atoms with Gasteiger partial charge in [-0.1, -0.05) is 0 Å². The molecule has 0 bridgehead atoms. The van der Waals surface area contributed by atoms with Gasteiger partial charge in [0.15, 0.2) is 5.75 Å². The largest absolute Gasteiger partial charge is 0.482 e. The Balaban J connectivity index is 2.25. The summed E-state index contributed by atoms with van der Waals surface area (Å²) in [5, 5.41) is 20.5. The number of ether oxygens (including phenoxy) is 2. The fourth-order valence-electron chi connectivity index (χ4n) is 2.75. The van der Waals surface area contributed by atoms with Gasteiger partial charge in [0.2, 0.25) is 0 Å². The Morgan fingerprint density at radius 1 is 1.28 bits per heavy atom. The molecule has 1 fully saturated rings. The number of halogens is 3. The molecule has 1 aromatic rings. The second-order valence-corrected chi connectivity index (χ2v) is 7.40. The van der Waals surface area contributed by atoms with Crippen LogP contribution in [0.4, 0.5) is 23.7 Å². The highest BCUT2D eigenvalue weighted by Gasteiger charge is 2.43. The van der Waals surface area contributed by atoms with Crippen molar-refractivity contribution >= 4 is 17.7 Å². The molecule has 1 N–H and O–H groups in total. The summed E-state index contributed by atoms with van der Waals surface area (Å²) in [4.78, 5) is 34.8. The molecule has 29 heavy (non-hydrogen) atoms. The number of carboxylic acids is 1. The number of carbonyl (C=O) groups excluding carboxylic acids is 1. The van der Waals surface area contributed by atoms with Crippen molar-refractivity contribution < 1.29 is 42.3 Å². The molecule has 1 aliphatic rings. The topological polar surface area (TPSA) is 119 Å². The van der Waals surface area contributed by atoms with Gasteiger partial charge in [-0.2, -0.15) is 13.2 Å². The zero-order valence-electron chi connectivity index (χ0n) is 15.7. The molecule has 0 radical (unpaired) electrons. The van der Waals surface area contributed by atoms with E-state index in [0.29, 0.717) is 12.1 Å². The summed E-state index contributed by atoms with van der Waals surface area (Å²) >= 11 is 0. The average Bonchev–Trinajstić information content (AvgIpc) is 2.96. The van der Waals surface area contributed by atoms with E-state index in [2.05, 4.69) is 0 Å². The van der Waals surface area contributed by atoms with E-state index in [4.69, 9.17) is 9.47 Å². The maximum atomic E-state index is 12.8. The van der Waals surface area contributed by atoms with Crippen molar-refractivity contribution in [3.8, 4) is 5.75 Å². The molecule has 1 aliphatic heterocycles. The van der Waals surface area contributed by atoms with Crippen LogP contribution < -0.4 is 4.74 Å². The molecule has 9 nitrogen and oxygen atoms in total. The van der Waals surface area contributed by atoms with E-state index < -0.39 is 57.9 Å². The van der Waals surface area contributed by atoms with Crippen molar-refractivity contribution in [2.45, 2.75) is 51.1 Å². The van der Waals surface area contributed by atoms with Gasteiger partial charge >= 0.3 is 23.9 Å². The molecule has 2 rings (SSSR count). The average molecular weight is 420 g/mol. The number of aliphatic carboxylic acids is 1. The van der Waals surface area contributed by atoms with E-state index in [0.717, 1.165) is 11.0 Å². The van der Waals surface area contributed by atoms with Crippen molar-refractivity contribution in [1.29, 1.82) is 0 Å². The Kier molecular flexibility index (Phi) is 5.95. The quantitative estimate of drug-likeness (QED) is 0.585. The first-order valence-electron chi connectivity index (χ1n) is 8.44. The normalized spacial score (nSPS) is 19.7. The fraction of sp³-hybridized carbons (Fsp3) is 0.529. The molecular formula is C17H19F3N2O7. The first kappa shape index (κ1) is 22.2. The van der Waals surface area contributed by atoms with Crippen LogP contribution in [-0.2, 0) is 15.7 Å². The van der Waals surface area contributed by atoms with Crippen LogP contribution in [-0.4, -0.2) is 51.3 Å². The van der Waals surface area contributed by atoms with Crippen LogP contribution in [0.2, 0.25) is 0 Å². The zero-order chi connectivity index (χ0) is 22.1. The van der Waals surface area contributed by atoms with Crippen molar-refractivity contribution in [2.75, 3.05) is 6.54 Å². The molecule has 0 saturated carbocycles. The second kappa shape index (κ2) is 7.76. The molecule has 1 heterocycles. The van der Waals surface area contributed by atoms with Crippen LogP contribution in [0.1, 0.15) is 32.8 Å². The molecule has 160 valence electrons. The lowest BCUT2D eigenvalue weighted by Gasteiger charge is -2.26. The highest BCUT2D eigenvalue weighted by molar-refractivity contribution is 5.81. The molecule has 12 heteroatoms. The SMILES string of the molecule is CC(C)(C)OC(=O)N1C[C@H](Oc2ccc(C(F)(F)F)cc2[N+](=O)[O-])C[C@@H]1C(=O)O. The minimum atomic E-state index is -4.78. The predicted molar refractivity (Wildman–Crippen MR) is 91.5 cm³/mol.